The van der Waals surface area contributed by atoms with Gasteiger partial charge in [-0.25, -0.2) is 0 Å². The Hall–Kier alpha value is -3.17. The lowest BCUT2D eigenvalue weighted by atomic mass is 10.2. The van der Waals surface area contributed by atoms with Crippen LogP contribution in [0.1, 0.15) is 24.3 Å². The third-order valence-electron chi connectivity index (χ3n) is 4.76. The first-order valence-corrected chi connectivity index (χ1v) is 9.47. The third-order valence-corrected chi connectivity index (χ3v) is 4.76. The highest BCUT2D eigenvalue weighted by atomic mass is 16.6. The first-order chi connectivity index (χ1) is 14.2. The van der Waals surface area contributed by atoms with Gasteiger partial charge in [0.15, 0.2) is 0 Å². The van der Waals surface area contributed by atoms with Crippen molar-refractivity contribution in [1.82, 2.24) is 20.0 Å². The number of ether oxygens (including phenoxy) is 1. The molecule has 1 aliphatic heterocycles. The van der Waals surface area contributed by atoms with Gasteiger partial charge < -0.3 is 9.26 Å². The van der Waals surface area contributed by atoms with Crippen LogP contribution in [0.3, 0.4) is 0 Å². The SMILES string of the molecule is O=[N+]([O-])c1cccc(-c2noc(CN(Cc3cccnc3)C[C@@H]3CCCO3)n2)c1. The maximum atomic E-state index is 11.0. The van der Waals surface area contributed by atoms with Gasteiger partial charge in [0.1, 0.15) is 0 Å². The summed E-state index contributed by atoms with van der Waals surface area (Å²) in [5.41, 5.74) is 1.63. The fourth-order valence-electron chi connectivity index (χ4n) is 3.40. The average Bonchev–Trinajstić information content (AvgIpc) is 3.41. The summed E-state index contributed by atoms with van der Waals surface area (Å²) in [5, 5.41) is 15.0. The van der Waals surface area contributed by atoms with Crippen LogP contribution in [0.25, 0.3) is 11.4 Å². The largest absolute Gasteiger partial charge is 0.377 e. The second kappa shape index (κ2) is 8.89. The van der Waals surface area contributed by atoms with E-state index in [0.29, 0.717) is 30.4 Å². The first-order valence-electron chi connectivity index (χ1n) is 9.47. The van der Waals surface area contributed by atoms with Crippen molar-refractivity contribution in [3.63, 3.8) is 0 Å². The molecule has 0 radical (unpaired) electrons. The maximum Gasteiger partial charge on any atom is 0.270 e. The smallest absolute Gasteiger partial charge is 0.270 e. The van der Waals surface area contributed by atoms with E-state index in [2.05, 4.69) is 20.0 Å². The van der Waals surface area contributed by atoms with Gasteiger partial charge in [-0.3, -0.25) is 20.0 Å². The molecule has 0 amide bonds. The lowest BCUT2D eigenvalue weighted by Crippen LogP contribution is -2.31. The summed E-state index contributed by atoms with van der Waals surface area (Å²) in [6, 6.07) is 10.1. The summed E-state index contributed by atoms with van der Waals surface area (Å²) >= 11 is 0. The quantitative estimate of drug-likeness (QED) is 0.423. The minimum atomic E-state index is -0.443. The van der Waals surface area contributed by atoms with Crippen LogP contribution in [0.15, 0.2) is 53.3 Å². The lowest BCUT2D eigenvalue weighted by Gasteiger charge is -2.23. The van der Waals surface area contributed by atoms with Crippen molar-refractivity contribution in [3.05, 3.63) is 70.4 Å². The Balaban J connectivity index is 1.49. The molecule has 3 heterocycles. The number of aromatic nitrogens is 3. The maximum absolute atomic E-state index is 11.0. The second-order valence-electron chi connectivity index (χ2n) is 6.99. The molecule has 0 saturated carbocycles. The van der Waals surface area contributed by atoms with Gasteiger partial charge in [0, 0.05) is 49.8 Å². The fraction of sp³-hybridized carbons (Fsp3) is 0.350. The molecule has 2 aromatic heterocycles. The topological polar surface area (TPSA) is 107 Å². The van der Waals surface area contributed by atoms with Crippen LogP contribution in [0, 0.1) is 10.1 Å². The van der Waals surface area contributed by atoms with Gasteiger partial charge >= 0.3 is 0 Å². The third kappa shape index (κ3) is 5.01. The van der Waals surface area contributed by atoms with Crippen molar-refractivity contribution in [1.29, 1.82) is 0 Å². The molecular formula is C20H21N5O4. The Morgan fingerprint density at radius 3 is 2.93 bits per heavy atom. The van der Waals surface area contributed by atoms with Crippen LogP contribution < -0.4 is 0 Å². The Labute approximate surface area is 167 Å². The number of rotatable bonds is 8. The number of pyridine rings is 1. The van der Waals surface area contributed by atoms with Crippen molar-refractivity contribution in [2.75, 3.05) is 13.2 Å². The number of nitro groups is 1. The molecule has 9 nitrogen and oxygen atoms in total. The van der Waals surface area contributed by atoms with Crippen LogP contribution in [0.5, 0.6) is 0 Å². The van der Waals surface area contributed by atoms with Crippen molar-refractivity contribution in [2.45, 2.75) is 32.0 Å². The first kappa shape index (κ1) is 19.2. The van der Waals surface area contributed by atoms with E-state index in [0.717, 1.165) is 31.6 Å². The molecule has 9 heteroatoms. The van der Waals surface area contributed by atoms with Gasteiger partial charge in [0.25, 0.3) is 5.69 Å². The fourth-order valence-corrected chi connectivity index (χ4v) is 3.40. The molecule has 1 saturated heterocycles. The normalized spacial score (nSPS) is 16.4. The van der Waals surface area contributed by atoms with Crippen LogP contribution in [0.4, 0.5) is 5.69 Å². The predicted octanol–water partition coefficient (Wildman–Crippen LogP) is 3.22. The van der Waals surface area contributed by atoms with Crippen molar-refractivity contribution < 1.29 is 14.2 Å². The van der Waals surface area contributed by atoms with Crippen molar-refractivity contribution in [3.8, 4) is 11.4 Å². The number of hydrogen-bond acceptors (Lipinski definition) is 8. The number of nitrogens with zero attached hydrogens (tertiary/aromatic N) is 5. The molecule has 0 bridgehead atoms. The number of hydrogen-bond donors (Lipinski definition) is 0. The molecule has 0 spiro atoms. The van der Waals surface area contributed by atoms with E-state index in [9.17, 15) is 10.1 Å². The van der Waals surface area contributed by atoms with E-state index in [4.69, 9.17) is 9.26 Å². The average molecular weight is 395 g/mol. The molecule has 1 atom stereocenters. The van der Waals surface area contributed by atoms with Crippen LogP contribution >= 0.6 is 0 Å². The molecule has 3 aromatic rings. The highest BCUT2D eigenvalue weighted by Gasteiger charge is 2.22. The zero-order valence-corrected chi connectivity index (χ0v) is 15.8. The van der Waals surface area contributed by atoms with Gasteiger partial charge in [-0.1, -0.05) is 23.4 Å². The minimum Gasteiger partial charge on any atom is -0.377 e. The van der Waals surface area contributed by atoms with Gasteiger partial charge in [-0.2, -0.15) is 4.98 Å². The van der Waals surface area contributed by atoms with E-state index < -0.39 is 4.92 Å². The molecule has 4 rings (SSSR count). The molecular weight excluding hydrogens is 374 g/mol. The van der Waals surface area contributed by atoms with Gasteiger partial charge in [-0.05, 0) is 24.5 Å². The molecule has 0 aliphatic carbocycles. The van der Waals surface area contributed by atoms with Crippen LogP contribution in [0.2, 0.25) is 0 Å². The molecule has 0 N–H and O–H groups in total. The van der Waals surface area contributed by atoms with E-state index in [-0.39, 0.29) is 11.8 Å². The second-order valence-corrected chi connectivity index (χ2v) is 6.99. The molecule has 1 aliphatic rings. The Morgan fingerprint density at radius 2 is 2.17 bits per heavy atom. The molecule has 29 heavy (non-hydrogen) atoms. The highest BCUT2D eigenvalue weighted by molar-refractivity contribution is 5.58. The monoisotopic (exact) mass is 395 g/mol. The standard InChI is InChI=1S/C20H21N5O4/c26-25(27)17-6-1-5-16(10-17)20-22-19(29-23-20)14-24(13-18-7-3-9-28-18)12-15-4-2-8-21-11-15/h1-2,4-6,8,10-11,18H,3,7,9,12-14H2/t18-/m0/s1. The van der Waals surface area contributed by atoms with E-state index >= 15 is 0 Å². The summed E-state index contributed by atoms with van der Waals surface area (Å²) in [7, 11) is 0. The summed E-state index contributed by atoms with van der Waals surface area (Å²) in [6.45, 7) is 2.69. The zero-order valence-electron chi connectivity index (χ0n) is 15.8. The summed E-state index contributed by atoms with van der Waals surface area (Å²) in [4.78, 5) is 21.4. The van der Waals surface area contributed by atoms with E-state index in [1.807, 2.05) is 18.3 Å². The molecule has 1 fully saturated rings. The van der Waals surface area contributed by atoms with Gasteiger partial charge in [0.2, 0.25) is 11.7 Å². The number of benzene rings is 1. The Morgan fingerprint density at radius 1 is 1.24 bits per heavy atom. The van der Waals surface area contributed by atoms with Gasteiger partial charge in [0.05, 0.1) is 17.6 Å². The summed E-state index contributed by atoms with van der Waals surface area (Å²) in [5.74, 6) is 0.788. The number of nitro benzene ring substituents is 1. The Bertz CT molecular complexity index is 956. The van der Waals surface area contributed by atoms with Crippen LogP contribution in [-0.4, -0.2) is 44.2 Å². The minimum absolute atomic E-state index is 0.00886. The summed E-state index contributed by atoms with van der Waals surface area (Å²) in [6.07, 6.45) is 5.88. The summed E-state index contributed by atoms with van der Waals surface area (Å²) < 4.78 is 11.2. The van der Waals surface area contributed by atoms with Gasteiger partial charge in [-0.15, -0.1) is 0 Å². The number of non-ortho nitro benzene ring substituents is 1. The predicted molar refractivity (Wildman–Crippen MR) is 104 cm³/mol. The van der Waals surface area contributed by atoms with Crippen molar-refractivity contribution in [2.24, 2.45) is 0 Å². The van der Waals surface area contributed by atoms with E-state index in [1.54, 1.807) is 18.3 Å². The molecule has 1 aromatic carbocycles. The highest BCUT2D eigenvalue weighted by Crippen LogP contribution is 2.22. The molecule has 150 valence electrons. The Kier molecular flexibility index (Phi) is 5.87. The zero-order chi connectivity index (χ0) is 20.1. The molecule has 0 unspecified atom stereocenters. The van der Waals surface area contributed by atoms with Crippen molar-refractivity contribution >= 4 is 5.69 Å². The van der Waals surface area contributed by atoms with E-state index in [1.165, 1.54) is 12.1 Å². The lowest BCUT2D eigenvalue weighted by molar-refractivity contribution is -0.384. The van der Waals surface area contributed by atoms with Crippen LogP contribution in [-0.2, 0) is 17.8 Å².